The molecule has 0 radical (unpaired) electrons. The van der Waals surface area contributed by atoms with Crippen molar-refractivity contribution >= 4 is 5.69 Å². The van der Waals surface area contributed by atoms with Gasteiger partial charge in [-0.2, -0.15) is 13.2 Å². The fourth-order valence-electron chi connectivity index (χ4n) is 1.49. The van der Waals surface area contributed by atoms with Gasteiger partial charge in [0.1, 0.15) is 0 Å². The molecule has 1 rings (SSSR count). The van der Waals surface area contributed by atoms with Crippen molar-refractivity contribution in [2.24, 2.45) is 0 Å². The molecule has 1 aromatic rings. The van der Waals surface area contributed by atoms with Crippen LogP contribution in [0, 0.1) is 0 Å². The van der Waals surface area contributed by atoms with Crippen LogP contribution in [0.1, 0.15) is 31.9 Å². The quantitative estimate of drug-likeness (QED) is 0.734. The second-order valence-corrected chi connectivity index (χ2v) is 4.23. The van der Waals surface area contributed by atoms with Crippen molar-refractivity contribution in [3.8, 4) is 0 Å². The van der Waals surface area contributed by atoms with Crippen molar-refractivity contribution in [1.82, 2.24) is 4.98 Å². The molecule has 0 spiro atoms. The standard InChI is InChI=1S/C13H19F3N2O/c1-2-6-17-11-4-7-18-12(9-11)10-19-8-3-5-13(14,15)16/h4,7,9H,2-3,5-6,8,10H2,1H3,(H,17,18). The number of hydrogen-bond acceptors (Lipinski definition) is 3. The highest BCUT2D eigenvalue weighted by Crippen LogP contribution is 2.21. The van der Waals surface area contributed by atoms with E-state index in [0.29, 0.717) is 5.69 Å². The van der Waals surface area contributed by atoms with E-state index in [-0.39, 0.29) is 19.6 Å². The van der Waals surface area contributed by atoms with E-state index in [1.54, 1.807) is 6.20 Å². The fraction of sp³-hybridized carbons (Fsp3) is 0.615. The van der Waals surface area contributed by atoms with Crippen LogP contribution in [0.25, 0.3) is 0 Å². The number of ether oxygens (including phenoxy) is 1. The highest BCUT2D eigenvalue weighted by molar-refractivity contribution is 5.42. The van der Waals surface area contributed by atoms with E-state index in [1.807, 2.05) is 12.1 Å². The van der Waals surface area contributed by atoms with Gasteiger partial charge in [0.25, 0.3) is 0 Å². The van der Waals surface area contributed by atoms with Crippen LogP contribution < -0.4 is 5.32 Å². The summed E-state index contributed by atoms with van der Waals surface area (Å²) in [5.41, 5.74) is 1.67. The first kappa shape index (κ1) is 15.8. The van der Waals surface area contributed by atoms with Crippen molar-refractivity contribution in [3.63, 3.8) is 0 Å². The molecule has 1 heterocycles. The van der Waals surface area contributed by atoms with Gasteiger partial charge in [-0.25, -0.2) is 0 Å². The van der Waals surface area contributed by atoms with Crippen molar-refractivity contribution in [2.45, 2.75) is 39.0 Å². The lowest BCUT2D eigenvalue weighted by atomic mass is 10.3. The first-order chi connectivity index (χ1) is 9.01. The summed E-state index contributed by atoms with van der Waals surface area (Å²) in [4.78, 5) is 4.11. The minimum absolute atomic E-state index is 0.0166. The van der Waals surface area contributed by atoms with E-state index in [1.165, 1.54) is 0 Å². The van der Waals surface area contributed by atoms with Crippen molar-refractivity contribution < 1.29 is 17.9 Å². The molecule has 0 unspecified atom stereocenters. The third-order valence-electron chi connectivity index (χ3n) is 2.39. The molecular formula is C13H19F3N2O. The van der Waals surface area contributed by atoms with Crippen LogP contribution in [-0.2, 0) is 11.3 Å². The highest BCUT2D eigenvalue weighted by Gasteiger charge is 2.25. The van der Waals surface area contributed by atoms with Gasteiger partial charge >= 0.3 is 6.18 Å². The van der Waals surface area contributed by atoms with Gasteiger partial charge in [0, 0.05) is 31.5 Å². The summed E-state index contributed by atoms with van der Waals surface area (Å²) in [5.74, 6) is 0. The van der Waals surface area contributed by atoms with Gasteiger partial charge in [0.2, 0.25) is 0 Å². The number of alkyl halides is 3. The molecule has 0 fully saturated rings. The number of nitrogens with one attached hydrogen (secondary N) is 1. The van der Waals surface area contributed by atoms with E-state index in [4.69, 9.17) is 4.74 Å². The monoisotopic (exact) mass is 276 g/mol. The summed E-state index contributed by atoms with van der Waals surface area (Å²) in [6.07, 6.45) is -2.25. The van der Waals surface area contributed by atoms with E-state index in [9.17, 15) is 13.2 Å². The van der Waals surface area contributed by atoms with Crippen LogP contribution in [0.4, 0.5) is 18.9 Å². The molecule has 0 aliphatic heterocycles. The first-order valence-electron chi connectivity index (χ1n) is 6.34. The number of rotatable bonds is 8. The number of aromatic nitrogens is 1. The maximum atomic E-state index is 11.9. The minimum atomic E-state index is -4.11. The van der Waals surface area contributed by atoms with Crippen molar-refractivity contribution in [2.75, 3.05) is 18.5 Å². The van der Waals surface area contributed by atoms with Gasteiger partial charge in [0.15, 0.2) is 0 Å². The summed E-state index contributed by atoms with van der Waals surface area (Å²) in [6, 6.07) is 3.70. The molecule has 19 heavy (non-hydrogen) atoms. The minimum Gasteiger partial charge on any atom is -0.385 e. The second kappa shape index (κ2) is 7.99. The molecule has 108 valence electrons. The Hall–Kier alpha value is -1.30. The van der Waals surface area contributed by atoms with Gasteiger partial charge < -0.3 is 10.1 Å². The molecule has 3 nitrogen and oxygen atoms in total. The Bertz CT molecular complexity index is 369. The Labute approximate surface area is 111 Å². The van der Waals surface area contributed by atoms with E-state index in [2.05, 4.69) is 17.2 Å². The Morgan fingerprint density at radius 2 is 2.16 bits per heavy atom. The number of pyridine rings is 1. The molecule has 1 N–H and O–H groups in total. The van der Waals surface area contributed by atoms with Gasteiger partial charge in [0.05, 0.1) is 12.3 Å². The summed E-state index contributed by atoms with van der Waals surface area (Å²) in [5, 5.41) is 3.21. The third kappa shape index (κ3) is 7.66. The summed E-state index contributed by atoms with van der Waals surface area (Å²) < 4.78 is 40.9. The van der Waals surface area contributed by atoms with Crippen LogP contribution in [0.5, 0.6) is 0 Å². The first-order valence-corrected chi connectivity index (χ1v) is 6.34. The summed E-state index contributed by atoms with van der Waals surface area (Å²) in [7, 11) is 0. The molecular weight excluding hydrogens is 257 g/mol. The predicted molar refractivity (Wildman–Crippen MR) is 68.0 cm³/mol. The third-order valence-corrected chi connectivity index (χ3v) is 2.39. The SMILES string of the molecule is CCCNc1ccnc(COCCCC(F)(F)F)c1. The average Bonchev–Trinajstić information content (AvgIpc) is 2.35. The van der Waals surface area contributed by atoms with E-state index >= 15 is 0 Å². The summed E-state index contributed by atoms with van der Waals surface area (Å²) >= 11 is 0. The molecule has 0 atom stereocenters. The predicted octanol–water partition coefficient (Wildman–Crippen LogP) is 3.76. The van der Waals surface area contributed by atoms with Gasteiger partial charge in [-0.15, -0.1) is 0 Å². The van der Waals surface area contributed by atoms with Gasteiger partial charge in [-0.1, -0.05) is 6.92 Å². The molecule has 0 saturated heterocycles. The van der Waals surface area contributed by atoms with Gasteiger partial charge in [-0.3, -0.25) is 4.98 Å². The Kier molecular flexibility index (Phi) is 6.62. The topological polar surface area (TPSA) is 34.2 Å². The van der Waals surface area contributed by atoms with Crippen LogP contribution >= 0.6 is 0 Å². The maximum Gasteiger partial charge on any atom is 0.389 e. The van der Waals surface area contributed by atoms with Crippen molar-refractivity contribution in [3.05, 3.63) is 24.0 Å². The summed E-state index contributed by atoms with van der Waals surface area (Å²) in [6.45, 7) is 3.27. The zero-order valence-electron chi connectivity index (χ0n) is 11.0. The smallest absolute Gasteiger partial charge is 0.385 e. The zero-order chi connectivity index (χ0) is 14.1. The van der Waals surface area contributed by atoms with E-state index < -0.39 is 12.6 Å². The molecule has 0 amide bonds. The maximum absolute atomic E-state index is 11.9. The average molecular weight is 276 g/mol. The van der Waals surface area contributed by atoms with Crippen LogP contribution in [0.3, 0.4) is 0 Å². The van der Waals surface area contributed by atoms with Gasteiger partial charge in [-0.05, 0) is 25.0 Å². The lowest BCUT2D eigenvalue weighted by Gasteiger charge is -2.08. The lowest BCUT2D eigenvalue weighted by Crippen LogP contribution is -2.09. The van der Waals surface area contributed by atoms with Crippen LogP contribution in [0.15, 0.2) is 18.3 Å². The normalized spacial score (nSPS) is 11.6. The Morgan fingerprint density at radius 1 is 1.37 bits per heavy atom. The Morgan fingerprint density at radius 3 is 2.84 bits per heavy atom. The van der Waals surface area contributed by atoms with Crippen molar-refractivity contribution in [1.29, 1.82) is 0 Å². The Balaban J connectivity index is 2.25. The molecule has 6 heteroatoms. The molecule has 0 aromatic carbocycles. The molecule has 0 bridgehead atoms. The number of hydrogen-bond donors (Lipinski definition) is 1. The largest absolute Gasteiger partial charge is 0.389 e. The fourth-order valence-corrected chi connectivity index (χ4v) is 1.49. The van der Waals surface area contributed by atoms with Crippen LogP contribution in [0.2, 0.25) is 0 Å². The number of nitrogens with zero attached hydrogens (tertiary/aromatic N) is 1. The molecule has 1 aromatic heterocycles. The molecule has 0 aliphatic carbocycles. The molecule has 0 saturated carbocycles. The van der Waals surface area contributed by atoms with E-state index in [0.717, 1.165) is 18.7 Å². The number of halogens is 3. The lowest BCUT2D eigenvalue weighted by molar-refractivity contribution is -0.138. The number of anilines is 1. The second-order valence-electron chi connectivity index (χ2n) is 4.23. The zero-order valence-corrected chi connectivity index (χ0v) is 11.0. The van der Waals surface area contributed by atoms with Crippen LogP contribution in [-0.4, -0.2) is 24.3 Å². The highest BCUT2D eigenvalue weighted by atomic mass is 19.4. The molecule has 0 aliphatic rings.